The lowest BCUT2D eigenvalue weighted by atomic mass is 10.2. The molecule has 74 valence electrons. The number of hydrogen-bond acceptors (Lipinski definition) is 2. The first-order valence-electron chi connectivity index (χ1n) is 4.51. The second-order valence-corrected chi connectivity index (χ2v) is 3.13. The van der Waals surface area contributed by atoms with Crippen LogP contribution in [-0.4, -0.2) is 23.3 Å². The number of benzene rings is 1. The van der Waals surface area contributed by atoms with Gasteiger partial charge in [-0.25, -0.2) is 4.74 Å². The van der Waals surface area contributed by atoms with E-state index >= 15 is 0 Å². The molecule has 0 aliphatic carbocycles. The van der Waals surface area contributed by atoms with E-state index in [-0.39, 0.29) is 12.3 Å². The highest BCUT2D eigenvalue weighted by molar-refractivity contribution is 5.76. The fraction of sp³-hybridized carbons (Fsp3) is 0.273. The van der Waals surface area contributed by atoms with Crippen molar-refractivity contribution in [1.82, 2.24) is 0 Å². The van der Waals surface area contributed by atoms with Crippen LogP contribution in [-0.2, 0) is 4.79 Å². The fourth-order valence-corrected chi connectivity index (χ4v) is 1.04. The third-order valence-electron chi connectivity index (χ3n) is 1.78. The van der Waals surface area contributed by atoms with Crippen LogP contribution in [0.5, 0.6) is 0 Å². The normalized spacial score (nSPS) is 11.4. The van der Waals surface area contributed by atoms with Gasteiger partial charge in [0.2, 0.25) is 0 Å². The van der Waals surface area contributed by atoms with E-state index in [0.29, 0.717) is 6.42 Å². The zero-order chi connectivity index (χ0) is 10.4. The third kappa shape index (κ3) is 3.85. The summed E-state index contributed by atoms with van der Waals surface area (Å²) in [6.07, 6.45) is 1.79. The summed E-state index contributed by atoms with van der Waals surface area (Å²) in [5.74, 6) is 0.0345. The number of ketones is 1. The van der Waals surface area contributed by atoms with E-state index in [1.54, 1.807) is 0 Å². The summed E-state index contributed by atoms with van der Waals surface area (Å²) in [7, 11) is 0. The van der Waals surface area contributed by atoms with E-state index < -0.39 is 0 Å². The number of rotatable bonds is 4. The Labute approximate surface area is 83.3 Å². The summed E-state index contributed by atoms with van der Waals surface area (Å²) < 4.78 is 0.788. The van der Waals surface area contributed by atoms with Crippen LogP contribution in [0.25, 0.3) is 0 Å². The summed E-state index contributed by atoms with van der Waals surface area (Å²) in [6.45, 7) is 1.71. The molecule has 0 N–H and O–H groups in total. The molecule has 1 aromatic rings. The van der Waals surface area contributed by atoms with E-state index in [4.69, 9.17) is 0 Å². The van der Waals surface area contributed by atoms with Gasteiger partial charge in [0.15, 0.2) is 12.8 Å². The van der Waals surface area contributed by atoms with Crippen molar-refractivity contribution >= 4 is 12.0 Å². The van der Waals surface area contributed by atoms with Gasteiger partial charge in [0.1, 0.15) is 5.78 Å². The SMILES string of the molecule is CC(=O)CC/[N+]([O-])=C/c1ccccc1. The van der Waals surface area contributed by atoms with Crippen LogP contribution in [0.3, 0.4) is 0 Å². The molecule has 0 aromatic heterocycles. The van der Waals surface area contributed by atoms with Crippen molar-refractivity contribution in [1.29, 1.82) is 0 Å². The van der Waals surface area contributed by atoms with Crippen LogP contribution in [0.2, 0.25) is 0 Å². The zero-order valence-electron chi connectivity index (χ0n) is 8.14. The lowest BCUT2D eigenvalue weighted by molar-refractivity contribution is -0.450. The Kier molecular flexibility index (Phi) is 3.85. The van der Waals surface area contributed by atoms with Crippen molar-refractivity contribution in [3.05, 3.63) is 41.1 Å². The quantitative estimate of drug-likeness (QED) is 0.314. The molecule has 0 fully saturated rings. The number of hydrogen-bond donors (Lipinski definition) is 0. The highest BCUT2D eigenvalue weighted by Gasteiger charge is 1.98. The van der Waals surface area contributed by atoms with Crippen LogP contribution in [0.15, 0.2) is 30.3 Å². The Morgan fingerprint density at radius 3 is 2.64 bits per heavy atom. The molecule has 3 nitrogen and oxygen atoms in total. The highest BCUT2D eigenvalue weighted by atomic mass is 16.5. The van der Waals surface area contributed by atoms with Gasteiger partial charge in [0, 0.05) is 5.56 Å². The van der Waals surface area contributed by atoms with Gasteiger partial charge in [-0.1, -0.05) is 18.2 Å². The van der Waals surface area contributed by atoms with Gasteiger partial charge in [-0.3, -0.25) is 4.79 Å². The number of hydroxylamine groups is 1. The highest BCUT2D eigenvalue weighted by Crippen LogP contribution is 1.94. The second-order valence-electron chi connectivity index (χ2n) is 3.13. The lowest BCUT2D eigenvalue weighted by Crippen LogP contribution is -2.10. The van der Waals surface area contributed by atoms with Crippen LogP contribution >= 0.6 is 0 Å². The minimum Gasteiger partial charge on any atom is -0.624 e. The predicted octanol–water partition coefficient (Wildman–Crippen LogP) is 1.59. The number of Topliss-reactive ketones (excluding diaryl/α,β-unsaturated/α-hetero) is 1. The van der Waals surface area contributed by atoms with Crippen molar-refractivity contribution in [2.45, 2.75) is 13.3 Å². The smallest absolute Gasteiger partial charge is 0.181 e. The molecule has 0 radical (unpaired) electrons. The average Bonchev–Trinajstić information content (AvgIpc) is 2.16. The molecule has 0 saturated carbocycles. The molecule has 1 aromatic carbocycles. The number of nitrogens with zero attached hydrogens (tertiary/aromatic N) is 1. The molecule has 14 heavy (non-hydrogen) atoms. The lowest BCUT2D eigenvalue weighted by Gasteiger charge is -2.01. The molecule has 0 unspecified atom stereocenters. The molecule has 0 spiro atoms. The van der Waals surface area contributed by atoms with Gasteiger partial charge in [-0.2, -0.15) is 0 Å². The van der Waals surface area contributed by atoms with Gasteiger partial charge in [0.05, 0.1) is 6.42 Å². The van der Waals surface area contributed by atoms with Gasteiger partial charge in [-0.05, 0) is 19.1 Å². The van der Waals surface area contributed by atoms with Crippen molar-refractivity contribution < 1.29 is 9.53 Å². The molecule has 0 atom stereocenters. The standard InChI is InChI=1S/C11H13NO2/c1-10(13)7-8-12(14)9-11-5-3-2-4-6-11/h2-6,9H,7-8H2,1H3/b12-9-. The molecule has 0 amide bonds. The molecular formula is C11H13NO2. The average molecular weight is 191 g/mol. The molecule has 0 aliphatic rings. The molecule has 0 heterocycles. The van der Waals surface area contributed by atoms with Gasteiger partial charge < -0.3 is 5.21 Å². The van der Waals surface area contributed by atoms with E-state index in [1.807, 2.05) is 30.3 Å². The third-order valence-corrected chi connectivity index (χ3v) is 1.78. The van der Waals surface area contributed by atoms with Crippen LogP contribution < -0.4 is 0 Å². The summed E-state index contributed by atoms with van der Waals surface area (Å²) in [5.41, 5.74) is 0.853. The Bertz CT molecular complexity index is 330. The minimum absolute atomic E-state index is 0.0345. The van der Waals surface area contributed by atoms with E-state index in [9.17, 15) is 10.0 Å². The van der Waals surface area contributed by atoms with E-state index in [0.717, 1.165) is 10.3 Å². The summed E-state index contributed by atoms with van der Waals surface area (Å²) in [6, 6.07) is 9.31. The molecule has 0 saturated heterocycles. The monoisotopic (exact) mass is 191 g/mol. The summed E-state index contributed by atoms with van der Waals surface area (Å²) in [4.78, 5) is 10.6. The first kappa shape index (κ1) is 10.4. The summed E-state index contributed by atoms with van der Waals surface area (Å²) >= 11 is 0. The first-order valence-corrected chi connectivity index (χ1v) is 4.51. The summed E-state index contributed by atoms with van der Waals surface area (Å²) in [5, 5.41) is 11.2. The van der Waals surface area contributed by atoms with Crippen LogP contribution in [0.4, 0.5) is 0 Å². The van der Waals surface area contributed by atoms with Crippen molar-refractivity contribution in [2.75, 3.05) is 6.54 Å². The van der Waals surface area contributed by atoms with E-state index in [2.05, 4.69) is 0 Å². The largest absolute Gasteiger partial charge is 0.624 e. The maximum atomic E-state index is 11.2. The predicted molar refractivity (Wildman–Crippen MR) is 55.4 cm³/mol. The van der Waals surface area contributed by atoms with Crippen LogP contribution in [0, 0.1) is 5.21 Å². The maximum absolute atomic E-state index is 11.2. The topological polar surface area (TPSA) is 43.1 Å². The molecule has 1 rings (SSSR count). The first-order chi connectivity index (χ1) is 6.68. The Morgan fingerprint density at radius 2 is 2.07 bits per heavy atom. The van der Waals surface area contributed by atoms with Crippen molar-refractivity contribution in [3.63, 3.8) is 0 Å². The Balaban J connectivity index is 2.56. The zero-order valence-corrected chi connectivity index (χ0v) is 8.14. The van der Waals surface area contributed by atoms with Crippen LogP contribution in [0.1, 0.15) is 18.9 Å². The molecule has 0 aliphatic heterocycles. The van der Waals surface area contributed by atoms with Crippen molar-refractivity contribution in [3.8, 4) is 0 Å². The molecule has 0 bridgehead atoms. The van der Waals surface area contributed by atoms with Gasteiger partial charge in [0.25, 0.3) is 0 Å². The van der Waals surface area contributed by atoms with Gasteiger partial charge in [-0.15, -0.1) is 0 Å². The Morgan fingerprint density at radius 1 is 1.43 bits per heavy atom. The second kappa shape index (κ2) is 5.17. The Hall–Kier alpha value is -1.64. The molecular weight excluding hydrogens is 178 g/mol. The van der Waals surface area contributed by atoms with Gasteiger partial charge >= 0.3 is 0 Å². The maximum Gasteiger partial charge on any atom is 0.181 e. The number of carbonyl (C=O) groups is 1. The van der Waals surface area contributed by atoms with Crippen molar-refractivity contribution in [2.24, 2.45) is 0 Å². The fourth-order valence-electron chi connectivity index (χ4n) is 1.04. The molecule has 3 heteroatoms. The minimum atomic E-state index is 0.0345. The van der Waals surface area contributed by atoms with E-state index in [1.165, 1.54) is 13.1 Å². The number of carbonyl (C=O) groups excluding carboxylic acids is 1.